The van der Waals surface area contributed by atoms with Gasteiger partial charge in [0.1, 0.15) is 17.9 Å². The Kier molecular flexibility index (Phi) is 6.09. The Morgan fingerprint density at radius 3 is 2.69 bits per heavy atom. The fraction of sp³-hybridized carbons (Fsp3) is 0.143. The number of hydrogen-bond donors (Lipinski definition) is 1. The van der Waals surface area contributed by atoms with Gasteiger partial charge in [0, 0.05) is 29.2 Å². The number of phenols is 1. The molecule has 0 fully saturated rings. The van der Waals surface area contributed by atoms with Crippen LogP contribution >= 0.6 is 11.6 Å². The van der Waals surface area contributed by atoms with Gasteiger partial charge in [-0.25, -0.2) is 9.59 Å². The maximum atomic E-state index is 12.1. The number of carbonyl (C=O) groups is 1. The summed E-state index contributed by atoms with van der Waals surface area (Å²) in [6, 6.07) is 8.88. The van der Waals surface area contributed by atoms with Crippen molar-refractivity contribution in [2.45, 2.75) is 6.61 Å². The average Bonchev–Trinajstić information content (AvgIpc) is 2.69. The van der Waals surface area contributed by atoms with Gasteiger partial charge in [-0.15, -0.1) is 0 Å². The van der Waals surface area contributed by atoms with Crippen molar-refractivity contribution in [2.75, 3.05) is 14.2 Å². The molecule has 3 aromatic rings. The Hall–Kier alpha value is -3.45. The van der Waals surface area contributed by atoms with Crippen molar-refractivity contribution >= 4 is 34.6 Å². The van der Waals surface area contributed by atoms with Crippen molar-refractivity contribution < 1.29 is 28.5 Å². The minimum absolute atomic E-state index is 0.0358. The molecule has 7 nitrogen and oxygen atoms in total. The van der Waals surface area contributed by atoms with Gasteiger partial charge in [-0.3, -0.25) is 0 Å². The van der Waals surface area contributed by atoms with E-state index < -0.39 is 11.6 Å². The van der Waals surface area contributed by atoms with Gasteiger partial charge in [-0.1, -0.05) is 11.6 Å². The predicted molar refractivity (Wildman–Crippen MR) is 108 cm³/mol. The minimum Gasteiger partial charge on any atom is -0.508 e. The van der Waals surface area contributed by atoms with Gasteiger partial charge in [0.15, 0.2) is 11.5 Å². The van der Waals surface area contributed by atoms with Crippen molar-refractivity contribution in [1.29, 1.82) is 0 Å². The lowest BCUT2D eigenvalue weighted by Gasteiger charge is -2.10. The zero-order chi connectivity index (χ0) is 21.0. The second-order valence-corrected chi connectivity index (χ2v) is 6.36. The molecular formula is C21H17ClO7. The number of esters is 1. The zero-order valence-corrected chi connectivity index (χ0v) is 16.4. The van der Waals surface area contributed by atoms with Gasteiger partial charge < -0.3 is 23.7 Å². The second kappa shape index (κ2) is 8.70. The molecule has 0 bridgehead atoms. The van der Waals surface area contributed by atoms with Gasteiger partial charge in [0.2, 0.25) is 0 Å². The van der Waals surface area contributed by atoms with Crippen LogP contribution in [-0.2, 0) is 16.1 Å². The van der Waals surface area contributed by atoms with E-state index in [1.165, 1.54) is 44.6 Å². The summed E-state index contributed by atoms with van der Waals surface area (Å²) in [5, 5.41) is 10.4. The molecule has 0 aliphatic heterocycles. The lowest BCUT2D eigenvalue weighted by molar-refractivity contribution is -0.138. The summed E-state index contributed by atoms with van der Waals surface area (Å²) >= 11 is 6.14. The highest BCUT2D eigenvalue weighted by Gasteiger charge is 2.11. The first-order valence-electron chi connectivity index (χ1n) is 8.43. The topological polar surface area (TPSA) is 95.2 Å². The number of carbonyl (C=O) groups excluding carboxylic acids is 1. The third-order valence-electron chi connectivity index (χ3n) is 4.05. The number of hydrogen-bond acceptors (Lipinski definition) is 7. The number of fused-ring (bicyclic) bond motifs is 1. The SMILES string of the molecule is COc1cc(C=CC(=O)OCc2cc(=O)oc3cc(O)ccc23)cc(Cl)c1OC. The molecule has 0 saturated heterocycles. The molecule has 29 heavy (non-hydrogen) atoms. The summed E-state index contributed by atoms with van der Waals surface area (Å²) in [5.41, 5.74) is 0.682. The van der Waals surface area contributed by atoms with Crippen LogP contribution in [0, 0.1) is 0 Å². The molecule has 150 valence electrons. The molecule has 8 heteroatoms. The zero-order valence-electron chi connectivity index (χ0n) is 15.6. The van der Waals surface area contributed by atoms with Gasteiger partial charge in [0.05, 0.1) is 19.2 Å². The monoisotopic (exact) mass is 416 g/mol. The summed E-state index contributed by atoms with van der Waals surface area (Å²) in [4.78, 5) is 23.8. The van der Waals surface area contributed by atoms with Gasteiger partial charge in [-0.05, 0) is 35.9 Å². The normalized spacial score (nSPS) is 11.0. The summed E-state index contributed by atoms with van der Waals surface area (Å²) in [6.07, 6.45) is 2.75. The molecule has 2 aromatic carbocycles. The van der Waals surface area contributed by atoms with Crippen LogP contribution in [0.3, 0.4) is 0 Å². The fourth-order valence-corrected chi connectivity index (χ4v) is 3.03. The summed E-state index contributed by atoms with van der Waals surface area (Å²) < 4.78 is 20.6. The van der Waals surface area contributed by atoms with E-state index in [0.717, 1.165) is 0 Å². The smallest absolute Gasteiger partial charge is 0.336 e. The standard InChI is InChI=1S/C21H17ClO7/c1-26-18-8-12(7-16(22)21(18)27-2)3-6-19(24)28-11-13-9-20(25)29-17-10-14(23)4-5-15(13)17/h3-10,23H,11H2,1-2H3. The van der Waals surface area contributed by atoms with Crippen LogP contribution < -0.4 is 15.1 Å². The third-order valence-corrected chi connectivity index (χ3v) is 4.33. The first-order chi connectivity index (χ1) is 13.9. The number of benzene rings is 2. The quantitative estimate of drug-likeness (QED) is 0.369. The van der Waals surface area contributed by atoms with E-state index in [0.29, 0.717) is 33.0 Å². The molecule has 0 saturated carbocycles. The molecule has 0 aliphatic carbocycles. The highest BCUT2D eigenvalue weighted by atomic mass is 35.5. The molecule has 1 N–H and O–H groups in total. The Balaban J connectivity index is 1.75. The second-order valence-electron chi connectivity index (χ2n) is 5.95. The molecule has 0 unspecified atom stereocenters. The van der Waals surface area contributed by atoms with Gasteiger partial charge >= 0.3 is 11.6 Å². The van der Waals surface area contributed by atoms with Crippen molar-refractivity contribution in [3.05, 3.63) is 69.0 Å². The van der Waals surface area contributed by atoms with E-state index >= 15 is 0 Å². The highest BCUT2D eigenvalue weighted by molar-refractivity contribution is 6.32. The molecule has 0 atom stereocenters. The molecule has 0 radical (unpaired) electrons. The molecular weight excluding hydrogens is 400 g/mol. The molecule has 1 aromatic heterocycles. The van der Waals surface area contributed by atoms with E-state index in [2.05, 4.69) is 0 Å². The van der Waals surface area contributed by atoms with Gasteiger partial charge in [-0.2, -0.15) is 0 Å². The van der Waals surface area contributed by atoms with Crippen LogP contribution in [0.5, 0.6) is 17.2 Å². The Labute approximate surface area is 170 Å². The average molecular weight is 417 g/mol. The van der Waals surface area contributed by atoms with E-state index in [1.807, 2.05) is 0 Å². The Morgan fingerprint density at radius 1 is 1.17 bits per heavy atom. The predicted octanol–water partition coefficient (Wildman–Crippen LogP) is 3.93. The number of rotatable bonds is 6. The maximum absolute atomic E-state index is 12.1. The fourth-order valence-electron chi connectivity index (χ4n) is 2.73. The number of ether oxygens (including phenoxy) is 3. The number of halogens is 1. The van der Waals surface area contributed by atoms with E-state index in [-0.39, 0.29) is 17.9 Å². The highest BCUT2D eigenvalue weighted by Crippen LogP contribution is 2.36. The van der Waals surface area contributed by atoms with E-state index in [9.17, 15) is 14.7 Å². The van der Waals surface area contributed by atoms with Crippen molar-refractivity contribution in [3.8, 4) is 17.2 Å². The summed E-state index contributed by atoms with van der Waals surface area (Å²) in [6.45, 7) is -0.136. The van der Waals surface area contributed by atoms with E-state index in [4.69, 9.17) is 30.2 Å². The van der Waals surface area contributed by atoms with Crippen molar-refractivity contribution in [1.82, 2.24) is 0 Å². The van der Waals surface area contributed by atoms with Crippen molar-refractivity contribution in [3.63, 3.8) is 0 Å². The molecule has 0 spiro atoms. The Bertz CT molecular complexity index is 1150. The molecule has 1 heterocycles. The number of methoxy groups -OCH3 is 2. The maximum Gasteiger partial charge on any atom is 0.336 e. The largest absolute Gasteiger partial charge is 0.508 e. The molecule has 0 amide bonds. The number of aromatic hydroxyl groups is 1. The van der Waals surface area contributed by atoms with Crippen LogP contribution in [-0.4, -0.2) is 25.3 Å². The lowest BCUT2D eigenvalue weighted by Crippen LogP contribution is -2.05. The van der Waals surface area contributed by atoms with Crippen molar-refractivity contribution in [2.24, 2.45) is 0 Å². The van der Waals surface area contributed by atoms with Crippen LogP contribution in [0.2, 0.25) is 5.02 Å². The Morgan fingerprint density at radius 2 is 1.97 bits per heavy atom. The third kappa shape index (κ3) is 4.70. The lowest BCUT2D eigenvalue weighted by atomic mass is 10.1. The molecule has 0 aliphatic rings. The van der Waals surface area contributed by atoms with Gasteiger partial charge in [0.25, 0.3) is 0 Å². The summed E-state index contributed by atoms with van der Waals surface area (Å²) in [7, 11) is 2.96. The first kappa shape index (κ1) is 20.3. The van der Waals surface area contributed by atoms with Crippen LogP contribution in [0.1, 0.15) is 11.1 Å². The minimum atomic E-state index is -0.615. The first-order valence-corrected chi connectivity index (χ1v) is 8.81. The summed E-state index contributed by atoms with van der Waals surface area (Å²) in [5.74, 6) is 0.177. The van der Waals surface area contributed by atoms with Crippen LogP contribution in [0.15, 0.2) is 51.7 Å². The van der Waals surface area contributed by atoms with Crippen LogP contribution in [0.4, 0.5) is 0 Å². The molecule has 3 rings (SSSR count). The van der Waals surface area contributed by atoms with E-state index in [1.54, 1.807) is 18.2 Å². The number of phenolic OH excluding ortho intramolecular Hbond substituents is 1. The van der Waals surface area contributed by atoms with Crippen LogP contribution in [0.25, 0.3) is 17.0 Å².